The molecule has 0 aliphatic rings. The van der Waals surface area contributed by atoms with Crippen LogP contribution in [0, 0.1) is 3.57 Å². The Morgan fingerprint density at radius 3 is 2.57 bits per heavy atom. The van der Waals surface area contributed by atoms with Gasteiger partial charge < -0.3 is 14.7 Å². The third kappa shape index (κ3) is 3.96. The van der Waals surface area contributed by atoms with Crippen molar-refractivity contribution in [2.45, 2.75) is 12.6 Å². The molecule has 2 aromatic rings. The van der Waals surface area contributed by atoms with Crippen molar-refractivity contribution in [3.05, 3.63) is 45.3 Å². The van der Waals surface area contributed by atoms with Gasteiger partial charge in [0.15, 0.2) is 5.75 Å². The molecule has 1 atom stereocenters. The maximum atomic E-state index is 10.7. The fourth-order valence-corrected chi connectivity index (χ4v) is 2.45. The van der Waals surface area contributed by atoms with Crippen LogP contribution in [0.3, 0.4) is 0 Å². The Labute approximate surface area is 138 Å². The van der Waals surface area contributed by atoms with Gasteiger partial charge in [-0.25, -0.2) is 0 Å². The van der Waals surface area contributed by atoms with Crippen molar-refractivity contribution in [3.8, 4) is 5.75 Å². The summed E-state index contributed by atoms with van der Waals surface area (Å²) in [6.45, 7) is 1.55. The summed E-state index contributed by atoms with van der Waals surface area (Å²) in [6.07, 6.45) is 0.905. The molecule has 0 saturated carbocycles. The maximum Gasteiger partial charge on any atom is 0.163 e. The number of aliphatic hydroxyl groups is 1. The third-order valence-corrected chi connectivity index (χ3v) is 3.99. The molecule has 21 heavy (non-hydrogen) atoms. The Bertz CT molecular complexity index is 581. The Morgan fingerprint density at radius 2 is 2.00 bits per heavy atom. The number of rotatable bonds is 6. The van der Waals surface area contributed by atoms with E-state index in [-0.39, 0.29) is 0 Å². The van der Waals surface area contributed by atoms with Crippen LogP contribution in [-0.4, -0.2) is 47.5 Å². The first-order valence-corrected chi connectivity index (χ1v) is 7.78. The molecular formula is C15H20IN3O2. The number of aliphatic hydroxyl groups excluding tert-OH is 1. The summed E-state index contributed by atoms with van der Waals surface area (Å²) < 4.78 is 8.28. The van der Waals surface area contributed by atoms with Crippen LogP contribution in [0.5, 0.6) is 5.75 Å². The van der Waals surface area contributed by atoms with Gasteiger partial charge in [0, 0.05) is 10.1 Å². The largest absolute Gasteiger partial charge is 0.493 e. The van der Waals surface area contributed by atoms with Crippen molar-refractivity contribution in [3.63, 3.8) is 0 Å². The van der Waals surface area contributed by atoms with Gasteiger partial charge in [0.1, 0.15) is 11.8 Å². The van der Waals surface area contributed by atoms with E-state index in [1.54, 1.807) is 13.3 Å². The zero-order chi connectivity index (χ0) is 15.4. The molecule has 1 unspecified atom stereocenters. The van der Waals surface area contributed by atoms with Crippen molar-refractivity contribution in [2.75, 3.05) is 27.7 Å². The summed E-state index contributed by atoms with van der Waals surface area (Å²) >= 11 is 2.25. The minimum atomic E-state index is -0.749. The van der Waals surface area contributed by atoms with Gasteiger partial charge in [0.05, 0.1) is 19.9 Å². The molecule has 114 valence electrons. The summed E-state index contributed by atoms with van der Waals surface area (Å²) in [5, 5.41) is 15.0. The Hall–Kier alpha value is -1.12. The third-order valence-electron chi connectivity index (χ3n) is 3.27. The second-order valence-corrected chi connectivity index (χ2v) is 6.32. The van der Waals surface area contributed by atoms with E-state index in [2.05, 4.69) is 32.6 Å². The van der Waals surface area contributed by atoms with E-state index < -0.39 is 6.10 Å². The first-order valence-electron chi connectivity index (χ1n) is 6.71. The summed E-state index contributed by atoms with van der Waals surface area (Å²) in [4.78, 5) is 2.08. The minimum Gasteiger partial charge on any atom is -0.493 e. The van der Waals surface area contributed by atoms with Crippen LogP contribution in [0.2, 0.25) is 0 Å². The lowest BCUT2D eigenvalue weighted by atomic mass is 10.1. The van der Waals surface area contributed by atoms with Crippen LogP contribution < -0.4 is 4.74 Å². The Kier molecular flexibility index (Phi) is 5.60. The number of nitrogens with zero attached hydrogens (tertiary/aromatic N) is 3. The molecule has 1 N–H and O–H groups in total. The Morgan fingerprint density at radius 1 is 1.33 bits per heavy atom. The highest BCUT2D eigenvalue weighted by Crippen LogP contribution is 2.30. The van der Waals surface area contributed by atoms with Crippen molar-refractivity contribution in [1.82, 2.24) is 14.7 Å². The predicted molar refractivity (Wildman–Crippen MR) is 90.6 cm³/mol. The number of aromatic nitrogens is 2. The first kappa shape index (κ1) is 16.3. The van der Waals surface area contributed by atoms with Gasteiger partial charge in [0.2, 0.25) is 0 Å². The fourth-order valence-electron chi connectivity index (χ4n) is 2.09. The predicted octanol–water partition coefficient (Wildman–Crippen LogP) is 2.14. The molecule has 0 radical (unpaired) electrons. The summed E-state index contributed by atoms with van der Waals surface area (Å²) in [7, 11) is 5.61. The van der Waals surface area contributed by atoms with E-state index in [1.165, 1.54) is 0 Å². The van der Waals surface area contributed by atoms with Gasteiger partial charge in [-0.15, -0.1) is 0 Å². The molecule has 0 bridgehead atoms. The fraction of sp³-hybridized carbons (Fsp3) is 0.400. The van der Waals surface area contributed by atoms with Crippen LogP contribution in [0.1, 0.15) is 17.4 Å². The molecule has 2 rings (SSSR count). The minimum absolute atomic E-state index is 0.611. The van der Waals surface area contributed by atoms with Gasteiger partial charge in [0.25, 0.3) is 0 Å². The normalized spacial score (nSPS) is 12.7. The average Bonchev–Trinajstić information content (AvgIpc) is 2.88. The molecule has 0 saturated heterocycles. The first-order chi connectivity index (χ1) is 10.0. The maximum absolute atomic E-state index is 10.7. The second-order valence-electron chi connectivity index (χ2n) is 5.08. The summed E-state index contributed by atoms with van der Waals surface area (Å²) in [5.74, 6) is 0.611. The molecule has 0 fully saturated rings. The summed E-state index contributed by atoms with van der Waals surface area (Å²) in [5.41, 5.74) is 1.53. The number of methoxy groups -OCH3 is 1. The molecule has 0 aliphatic heterocycles. The quantitative estimate of drug-likeness (QED) is 0.754. The van der Waals surface area contributed by atoms with E-state index in [9.17, 15) is 5.11 Å². The van der Waals surface area contributed by atoms with E-state index in [0.717, 1.165) is 15.7 Å². The highest BCUT2D eigenvalue weighted by molar-refractivity contribution is 14.1. The van der Waals surface area contributed by atoms with Crippen molar-refractivity contribution in [1.29, 1.82) is 0 Å². The topological polar surface area (TPSA) is 50.5 Å². The molecule has 1 aromatic carbocycles. The molecule has 0 amide bonds. The van der Waals surface area contributed by atoms with Gasteiger partial charge >= 0.3 is 0 Å². The number of hydrogen-bond acceptors (Lipinski definition) is 4. The Balaban J connectivity index is 2.31. The zero-order valence-electron chi connectivity index (χ0n) is 12.5. The van der Waals surface area contributed by atoms with Gasteiger partial charge in [-0.2, -0.15) is 5.10 Å². The lowest BCUT2D eigenvalue weighted by Crippen LogP contribution is -2.21. The smallest absolute Gasteiger partial charge is 0.163 e. The number of likely N-dealkylation sites (N-methyl/N-ethyl adjacent to an activating group) is 1. The van der Waals surface area contributed by atoms with Crippen LogP contribution in [-0.2, 0) is 6.54 Å². The SMILES string of the molecule is COc1cnn(CCN(C)C)c1C(O)c1ccc(I)cc1. The molecule has 1 aromatic heterocycles. The zero-order valence-corrected chi connectivity index (χ0v) is 14.6. The molecular weight excluding hydrogens is 381 g/mol. The highest BCUT2D eigenvalue weighted by atomic mass is 127. The second kappa shape index (κ2) is 7.24. The van der Waals surface area contributed by atoms with Crippen LogP contribution in [0.15, 0.2) is 30.5 Å². The number of halogens is 1. The van der Waals surface area contributed by atoms with Crippen molar-refractivity contribution in [2.24, 2.45) is 0 Å². The van der Waals surface area contributed by atoms with E-state index in [1.807, 2.05) is 43.0 Å². The lowest BCUT2D eigenvalue weighted by molar-refractivity contribution is 0.200. The van der Waals surface area contributed by atoms with E-state index >= 15 is 0 Å². The average molecular weight is 401 g/mol. The molecule has 5 nitrogen and oxygen atoms in total. The lowest BCUT2D eigenvalue weighted by Gasteiger charge is -2.17. The van der Waals surface area contributed by atoms with Crippen LogP contribution in [0.4, 0.5) is 0 Å². The van der Waals surface area contributed by atoms with Crippen LogP contribution >= 0.6 is 22.6 Å². The molecule has 1 heterocycles. The monoisotopic (exact) mass is 401 g/mol. The van der Waals surface area contributed by atoms with Gasteiger partial charge in [-0.05, 0) is 54.4 Å². The van der Waals surface area contributed by atoms with Crippen molar-refractivity contribution < 1.29 is 9.84 Å². The van der Waals surface area contributed by atoms with Crippen molar-refractivity contribution >= 4 is 22.6 Å². The molecule has 6 heteroatoms. The van der Waals surface area contributed by atoms with Gasteiger partial charge in [-0.3, -0.25) is 4.68 Å². The van der Waals surface area contributed by atoms with E-state index in [0.29, 0.717) is 18.0 Å². The highest BCUT2D eigenvalue weighted by Gasteiger charge is 2.21. The number of hydrogen-bond donors (Lipinski definition) is 1. The van der Waals surface area contributed by atoms with E-state index in [4.69, 9.17) is 4.74 Å². The standard InChI is InChI=1S/C15H20IN3O2/c1-18(2)8-9-19-14(13(21-3)10-17-19)15(20)11-4-6-12(16)7-5-11/h4-7,10,15,20H,8-9H2,1-3H3. The molecule has 0 spiro atoms. The summed E-state index contributed by atoms with van der Waals surface area (Å²) in [6, 6.07) is 7.81. The van der Waals surface area contributed by atoms with Crippen LogP contribution in [0.25, 0.3) is 0 Å². The molecule has 0 aliphatic carbocycles. The number of ether oxygens (including phenoxy) is 1. The number of benzene rings is 1. The van der Waals surface area contributed by atoms with Gasteiger partial charge in [-0.1, -0.05) is 12.1 Å².